The van der Waals surface area contributed by atoms with Crippen LogP contribution in [-0.4, -0.2) is 50.1 Å². The molecule has 2 aromatic carbocycles. The van der Waals surface area contributed by atoms with Crippen LogP contribution in [0.2, 0.25) is 0 Å². The Balaban J connectivity index is 0.00000104. The Labute approximate surface area is 219 Å². The summed E-state index contributed by atoms with van der Waals surface area (Å²) in [7, 11) is 3.15. The van der Waals surface area contributed by atoms with Crippen molar-refractivity contribution in [1.29, 1.82) is 0 Å². The van der Waals surface area contributed by atoms with Gasteiger partial charge in [-0.2, -0.15) is 0 Å². The van der Waals surface area contributed by atoms with E-state index in [1.54, 1.807) is 19.2 Å². The van der Waals surface area contributed by atoms with Crippen molar-refractivity contribution in [3.63, 3.8) is 0 Å². The fourth-order valence-corrected chi connectivity index (χ4v) is 3.50. The summed E-state index contributed by atoms with van der Waals surface area (Å²) < 4.78 is 11.5. The molecule has 0 saturated heterocycles. The highest BCUT2D eigenvalue weighted by atomic mass is 16.5. The summed E-state index contributed by atoms with van der Waals surface area (Å²) in [4.78, 5) is 34.2. The zero-order chi connectivity index (χ0) is 27.8. The van der Waals surface area contributed by atoms with Gasteiger partial charge in [0.15, 0.2) is 0 Å². The average Bonchev–Trinajstić information content (AvgIpc) is 3.32. The average molecular weight is 510 g/mol. The molecule has 1 heterocycles. The predicted octanol–water partition coefficient (Wildman–Crippen LogP) is 4.95. The van der Waals surface area contributed by atoms with Crippen LogP contribution in [0.5, 0.6) is 0 Å². The fraction of sp³-hybridized carbons (Fsp3) is 0.345. The normalized spacial score (nSPS) is 9.89. The zero-order valence-corrected chi connectivity index (χ0v) is 22.7. The molecule has 0 unspecified atom stereocenters. The summed E-state index contributed by atoms with van der Waals surface area (Å²) in [5.41, 5.74) is 11.2. The van der Waals surface area contributed by atoms with E-state index >= 15 is 0 Å². The molecule has 3 N–H and O–H groups in total. The number of benzene rings is 2. The summed E-state index contributed by atoms with van der Waals surface area (Å²) >= 11 is 0. The number of aryl methyl sites for hydroxylation is 2. The third kappa shape index (κ3) is 9.33. The first kappa shape index (κ1) is 31.3. The highest BCUT2D eigenvalue weighted by Gasteiger charge is 2.15. The number of methoxy groups -OCH3 is 2. The van der Waals surface area contributed by atoms with Crippen molar-refractivity contribution in [1.82, 2.24) is 4.57 Å². The molecular formula is C29H39N3O5. The van der Waals surface area contributed by atoms with Crippen LogP contribution >= 0.6 is 0 Å². The standard InChI is InChI=1S/C24H25N3O4.C3H8O.C2H6/c1-16-14-18(24(25)30)7-11-21(16)27-20(4-3-13-28)10-12-22(27)17-5-8-19(9-6-17)26-23(29)15-31-2;1-3-4-2;1-2/h5-14H,3-4,15H2,1-2H3,(H2,25,30)(H,26,29);3H2,1-2H3;1-2H3. The molecule has 0 atom stereocenters. The second-order valence-electron chi connectivity index (χ2n) is 7.75. The van der Waals surface area contributed by atoms with E-state index in [0.29, 0.717) is 24.1 Å². The van der Waals surface area contributed by atoms with Crippen LogP contribution in [0.3, 0.4) is 0 Å². The van der Waals surface area contributed by atoms with Crippen molar-refractivity contribution in [3.05, 3.63) is 71.4 Å². The number of nitrogens with one attached hydrogen (secondary N) is 1. The lowest BCUT2D eigenvalue weighted by molar-refractivity contribution is -0.119. The quantitative estimate of drug-likeness (QED) is 0.376. The highest BCUT2D eigenvalue weighted by molar-refractivity contribution is 5.93. The van der Waals surface area contributed by atoms with E-state index in [-0.39, 0.29) is 12.5 Å². The molecule has 3 aromatic rings. The van der Waals surface area contributed by atoms with E-state index in [0.717, 1.165) is 41.1 Å². The van der Waals surface area contributed by atoms with Gasteiger partial charge in [-0.05, 0) is 73.9 Å². The van der Waals surface area contributed by atoms with Gasteiger partial charge in [-0.3, -0.25) is 9.59 Å². The molecule has 200 valence electrons. The number of ether oxygens (including phenoxy) is 2. The van der Waals surface area contributed by atoms with Gasteiger partial charge in [-0.15, -0.1) is 0 Å². The number of rotatable bonds is 10. The minimum Gasteiger partial charge on any atom is -0.385 e. The highest BCUT2D eigenvalue weighted by Crippen LogP contribution is 2.30. The summed E-state index contributed by atoms with van der Waals surface area (Å²) in [6, 6.07) is 16.8. The van der Waals surface area contributed by atoms with Gasteiger partial charge in [0.1, 0.15) is 12.9 Å². The van der Waals surface area contributed by atoms with Crippen LogP contribution in [0.4, 0.5) is 5.69 Å². The molecule has 8 nitrogen and oxygen atoms in total. The number of carbonyl (C=O) groups is 3. The number of hydrogen-bond acceptors (Lipinski definition) is 5. The molecule has 0 aliphatic rings. The summed E-state index contributed by atoms with van der Waals surface area (Å²) in [5.74, 6) is -0.699. The summed E-state index contributed by atoms with van der Waals surface area (Å²) in [6.07, 6.45) is 1.90. The smallest absolute Gasteiger partial charge is 0.250 e. The number of hydrogen-bond donors (Lipinski definition) is 2. The summed E-state index contributed by atoms with van der Waals surface area (Å²) in [6.45, 7) is 8.69. The Morgan fingerprint density at radius 1 is 1.00 bits per heavy atom. The Bertz CT molecular complexity index is 1130. The molecule has 0 bridgehead atoms. The van der Waals surface area contributed by atoms with Crippen LogP contribution < -0.4 is 11.1 Å². The van der Waals surface area contributed by atoms with Crippen LogP contribution in [0.25, 0.3) is 16.9 Å². The molecule has 2 amide bonds. The van der Waals surface area contributed by atoms with Gasteiger partial charge < -0.3 is 29.9 Å². The van der Waals surface area contributed by atoms with Gasteiger partial charge in [0, 0.05) is 49.9 Å². The number of aldehydes is 1. The molecule has 3 rings (SSSR count). The van der Waals surface area contributed by atoms with Crippen molar-refractivity contribution < 1.29 is 23.9 Å². The first-order valence-electron chi connectivity index (χ1n) is 12.3. The lowest BCUT2D eigenvalue weighted by Gasteiger charge is -2.17. The largest absolute Gasteiger partial charge is 0.385 e. The maximum Gasteiger partial charge on any atom is 0.250 e. The Kier molecular flexibility index (Phi) is 14.2. The first-order chi connectivity index (χ1) is 17.9. The van der Waals surface area contributed by atoms with E-state index in [4.69, 9.17) is 10.5 Å². The van der Waals surface area contributed by atoms with E-state index in [9.17, 15) is 14.4 Å². The van der Waals surface area contributed by atoms with E-state index in [1.807, 2.05) is 70.2 Å². The van der Waals surface area contributed by atoms with Crippen LogP contribution in [0.15, 0.2) is 54.6 Å². The van der Waals surface area contributed by atoms with Crippen LogP contribution in [0, 0.1) is 6.92 Å². The van der Waals surface area contributed by atoms with E-state index in [1.165, 1.54) is 7.11 Å². The third-order valence-electron chi connectivity index (χ3n) is 5.23. The molecule has 0 radical (unpaired) electrons. The number of nitrogens with zero attached hydrogens (tertiary/aromatic N) is 1. The van der Waals surface area contributed by atoms with Gasteiger partial charge >= 0.3 is 0 Å². The Morgan fingerprint density at radius 2 is 1.65 bits per heavy atom. The number of nitrogens with two attached hydrogens (primary N) is 1. The zero-order valence-electron chi connectivity index (χ0n) is 22.7. The van der Waals surface area contributed by atoms with Gasteiger partial charge in [0.2, 0.25) is 11.8 Å². The minimum atomic E-state index is -0.477. The molecule has 37 heavy (non-hydrogen) atoms. The monoisotopic (exact) mass is 509 g/mol. The number of aromatic nitrogens is 1. The maximum atomic E-state index is 11.7. The van der Waals surface area contributed by atoms with Crippen molar-refractivity contribution in [2.24, 2.45) is 5.73 Å². The molecule has 0 fully saturated rings. The van der Waals surface area contributed by atoms with Crippen molar-refractivity contribution in [2.75, 3.05) is 32.8 Å². The maximum absolute atomic E-state index is 11.7. The number of carbonyl (C=O) groups excluding carboxylic acids is 3. The van der Waals surface area contributed by atoms with Crippen LogP contribution in [0.1, 0.15) is 48.8 Å². The molecule has 8 heteroatoms. The number of primary amides is 1. The van der Waals surface area contributed by atoms with Crippen LogP contribution in [-0.2, 0) is 25.5 Å². The molecule has 0 aliphatic heterocycles. The molecule has 0 aliphatic carbocycles. The van der Waals surface area contributed by atoms with Crippen molar-refractivity contribution >= 4 is 23.8 Å². The van der Waals surface area contributed by atoms with E-state index < -0.39 is 5.91 Å². The second-order valence-corrected chi connectivity index (χ2v) is 7.75. The molecule has 0 spiro atoms. The first-order valence-corrected chi connectivity index (χ1v) is 12.3. The van der Waals surface area contributed by atoms with E-state index in [2.05, 4.69) is 14.6 Å². The topological polar surface area (TPSA) is 113 Å². The van der Waals surface area contributed by atoms with Crippen molar-refractivity contribution in [3.8, 4) is 16.9 Å². The SMILES string of the molecule is CC.CCOC.COCC(=O)Nc1ccc(-c2ccc(CCC=O)n2-c2ccc(C(N)=O)cc2C)cc1. The number of amides is 2. The summed E-state index contributed by atoms with van der Waals surface area (Å²) in [5, 5.41) is 2.77. The second kappa shape index (κ2) is 16.8. The third-order valence-corrected chi connectivity index (χ3v) is 5.23. The van der Waals surface area contributed by atoms with Gasteiger partial charge in [-0.1, -0.05) is 26.0 Å². The van der Waals surface area contributed by atoms with Gasteiger partial charge in [0.25, 0.3) is 0 Å². The fourth-order valence-electron chi connectivity index (χ4n) is 3.50. The van der Waals surface area contributed by atoms with Crippen molar-refractivity contribution in [2.45, 2.75) is 40.5 Å². The lowest BCUT2D eigenvalue weighted by atomic mass is 10.1. The minimum absolute atomic E-state index is 0.00866. The van der Waals surface area contributed by atoms with Gasteiger partial charge in [0.05, 0.1) is 5.69 Å². The van der Waals surface area contributed by atoms with Gasteiger partial charge in [-0.25, -0.2) is 0 Å². The lowest BCUT2D eigenvalue weighted by Crippen LogP contribution is -2.16. The number of anilines is 1. The molecule has 1 aromatic heterocycles. The Morgan fingerprint density at radius 3 is 2.16 bits per heavy atom. The Hall–Kier alpha value is -3.75. The predicted molar refractivity (Wildman–Crippen MR) is 148 cm³/mol. The molecular weight excluding hydrogens is 470 g/mol. The molecule has 0 saturated carbocycles.